The molecule has 0 aliphatic carbocycles. The maximum absolute atomic E-state index is 11.8. The summed E-state index contributed by atoms with van der Waals surface area (Å²) < 4.78 is 32.6. The van der Waals surface area contributed by atoms with Crippen LogP contribution < -0.4 is 0 Å². The van der Waals surface area contributed by atoms with Crippen LogP contribution in [0.1, 0.15) is 4.88 Å². The van der Waals surface area contributed by atoms with Gasteiger partial charge in [-0.25, -0.2) is 9.10 Å². The number of thiophene rings is 1. The zero-order chi connectivity index (χ0) is 13.3. The first-order chi connectivity index (χ1) is 8.45. The lowest BCUT2D eigenvalue weighted by molar-refractivity contribution is -0.137. The third-order valence-corrected chi connectivity index (χ3v) is 4.55. The van der Waals surface area contributed by atoms with Crippen molar-refractivity contribution in [2.24, 2.45) is 4.40 Å². The Morgan fingerprint density at radius 1 is 1.50 bits per heavy atom. The molecule has 1 aromatic heterocycles. The van der Waals surface area contributed by atoms with Crippen molar-refractivity contribution in [3.63, 3.8) is 0 Å². The fraction of sp³-hybridized carbons (Fsp3) is 0.200. The van der Waals surface area contributed by atoms with Crippen LogP contribution in [0.3, 0.4) is 0 Å². The lowest BCUT2D eigenvalue weighted by Crippen LogP contribution is -2.33. The van der Waals surface area contributed by atoms with Crippen molar-refractivity contribution in [1.82, 2.24) is 4.31 Å². The second-order valence-corrected chi connectivity index (χ2v) is 5.99. The summed E-state index contributed by atoms with van der Waals surface area (Å²) in [5.41, 5.74) is 0.180. The van der Waals surface area contributed by atoms with Gasteiger partial charge in [0.15, 0.2) is 0 Å². The minimum absolute atomic E-state index is 0.0594. The van der Waals surface area contributed by atoms with E-state index in [0.717, 1.165) is 4.31 Å². The molecular weight excluding hydrogens is 276 g/mol. The first-order valence-corrected chi connectivity index (χ1v) is 7.16. The van der Waals surface area contributed by atoms with E-state index >= 15 is 0 Å². The molecule has 0 N–H and O–H groups in total. The van der Waals surface area contributed by atoms with Gasteiger partial charge in [0.2, 0.25) is 0 Å². The summed E-state index contributed by atoms with van der Waals surface area (Å²) in [6.07, 6.45) is 1.40. The number of likely N-dealkylation sites (N-methyl/N-ethyl adjacent to an activating group) is 1. The average Bonchev–Trinajstić information content (AvgIpc) is 2.85. The molecule has 0 unspecified atom stereocenters. The van der Waals surface area contributed by atoms with Gasteiger partial charge >= 0.3 is 16.2 Å². The van der Waals surface area contributed by atoms with Gasteiger partial charge < -0.3 is 4.74 Å². The maximum Gasteiger partial charge on any atom is 0.355 e. The Morgan fingerprint density at radius 2 is 2.22 bits per heavy atom. The Labute approximate surface area is 108 Å². The number of nitrogens with zero attached hydrogens (tertiary/aromatic N) is 2. The Kier molecular flexibility index (Phi) is 3.22. The molecule has 0 amide bonds. The van der Waals surface area contributed by atoms with Crippen LogP contribution in [0.5, 0.6) is 0 Å². The lowest BCUT2D eigenvalue weighted by Gasteiger charge is -2.21. The van der Waals surface area contributed by atoms with Crippen LogP contribution >= 0.6 is 11.3 Å². The molecule has 0 radical (unpaired) electrons. The molecule has 96 valence electrons. The smallest absolute Gasteiger partial charge is 0.355 e. The average molecular weight is 286 g/mol. The molecule has 0 spiro atoms. The summed E-state index contributed by atoms with van der Waals surface area (Å²) >= 11 is 1.34. The number of hydrogen-bond donors (Lipinski definition) is 0. The molecule has 6 nitrogen and oxygen atoms in total. The molecule has 0 bridgehead atoms. The van der Waals surface area contributed by atoms with E-state index in [1.165, 1.54) is 31.6 Å². The van der Waals surface area contributed by atoms with Crippen LogP contribution in [0, 0.1) is 0 Å². The molecule has 2 rings (SSSR count). The quantitative estimate of drug-likeness (QED) is 0.753. The lowest BCUT2D eigenvalue weighted by atomic mass is 10.2. The number of esters is 1. The highest BCUT2D eigenvalue weighted by atomic mass is 32.2. The Bertz CT molecular complexity index is 629. The molecule has 1 aliphatic heterocycles. The first-order valence-electron chi connectivity index (χ1n) is 4.88. The van der Waals surface area contributed by atoms with Gasteiger partial charge in [-0.2, -0.15) is 8.42 Å². The largest absolute Gasteiger partial charge is 0.464 e. The number of ether oxygens (including phenoxy) is 1. The van der Waals surface area contributed by atoms with E-state index in [9.17, 15) is 13.2 Å². The van der Waals surface area contributed by atoms with Gasteiger partial charge in [-0.15, -0.1) is 15.7 Å². The van der Waals surface area contributed by atoms with Crippen molar-refractivity contribution in [2.45, 2.75) is 0 Å². The second kappa shape index (κ2) is 4.54. The van der Waals surface area contributed by atoms with Crippen LogP contribution in [0.2, 0.25) is 0 Å². The van der Waals surface area contributed by atoms with Gasteiger partial charge in [-0.1, -0.05) is 6.07 Å². The Balaban J connectivity index is 2.55. The third-order valence-electron chi connectivity index (χ3n) is 2.34. The van der Waals surface area contributed by atoms with Crippen LogP contribution in [-0.2, 0) is 19.7 Å². The van der Waals surface area contributed by atoms with Gasteiger partial charge in [-0.3, -0.25) is 0 Å². The fourth-order valence-electron chi connectivity index (χ4n) is 1.39. The highest BCUT2D eigenvalue weighted by molar-refractivity contribution is 7.88. The van der Waals surface area contributed by atoms with E-state index in [2.05, 4.69) is 9.13 Å². The SMILES string of the molecule is COC(=O)C1=CC(c2cccs2)=NS(=O)(=O)N1C. The van der Waals surface area contributed by atoms with E-state index in [-0.39, 0.29) is 11.4 Å². The number of methoxy groups -OCH3 is 1. The third kappa shape index (κ3) is 2.16. The van der Waals surface area contributed by atoms with E-state index in [0.29, 0.717) is 4.88 Å². The van der Waals surface area contributed by atoms with E-state index in [1.807, 2.05) is 0 Å². The highest BCUT2D eigenvalue weighted by Crippen LogP contribution is 2.22. The monoisotopic (exact) mass is 286 g/mol. The maximum atomic E-state index is 11.8. The van der Waals surface area contributed by atoms with Gasteiger partial charge in [0.25, 0.3) is 0 Å². The van der Waals surface area contributed by atoms with Crippen molar-refractivity contribution in [1.29, 1.82) is 0 Å². The topological polar surface area (TPSA) is 76.0 Å². The predicted molar refractivity (Wildman–Crippen MR) is 67.6 cm³/mol. The summed E-state index contributed by atoms with van der Waals surface area (Å²) in [5, 5.41) is 1.80. The van der Waals surface area contributed by atoms with Crippen molar-refractivity contribution >= 4 is 33.2 Å². The summed E-state index contributed by atoms with van der Waals surface area (Å²) in [5.74, 6) is -0.718. The Hall–Kier alpha value is -1.67. The number of carbonyl (C=O) groups is 1. The Morgan fingerprint density at radius 3 is 2.78 bits per heavy atom. The summed E-state index contributed by atoms with van der Waals surface area (Å²) in [6, 6.07) is 3.51. The zero-order valence-electron chi connectivity index (χ0n) is 9.65. The molecule has 0 atom stereocenters. The summed E-state index contributed by atoms with van der Waals surface area (Å²) in [4.78, 5) is 12.2. The zero-order valence-corrected chi connectivity index (χ0v) is 11.3. The van der Waals surface area contributed by atoms with Crippen molar-refractivity contribution in [3.05, 3.63) is 34.2 Å². The number of rotatable bonds is 2. The highest BCUT2D eigenvalue weighted by Gasteiger charge is 2.30. The number of carbonyl (C=O) groups excluding carboxylic acids is 1. The van der Waals surface area contributed by atoms with Crippen molar-refractivity contribution in [2.75, 3.05) is 14.2 Å². The molecule has 8 heteroatoms. The minimum atomic E-state index is -3.88. The fourth-order valence-corrected chi connectivity index (χ4v) is 3.03. The van der Waals surface area contributed by atoms with Crippen LogP contribution in [-0.4, -0.2) is 38.6 Å². The molecule has 1 aliphatic rings. The van der Waals surface area contributed by atoms with Gasteiger partial charge in [-0.05, 0) is 17.5 Å². The molecular formula is C10H10N2O4S2. The summed E-state index contributed by atoms with van der Waals surface area (Å²) in [7, 11) is -1.43. The van der Waals surface area contributed by atoms with E-state index in [1.54, 1.807) is 17.5 Å². The molecule has 0 saturated heterocycles. The molecule has 0 saturated carbocycles. The van der Waals surface area contributed by atoms with Crippen molar-refractivity contribution in [3.8, 4) is 0 Å². The molecule has 18 heavy (non-hydrogen) atoms. The van der Waals surface area contributed by atoms with Crippen LogP contribution in [0.15, 0.2) is 33.7 Å². The predicted octanol–water partition coefficient (Wildman–Crippen LogP) is 0.784. The van der Waals surface area contributed by atoms with Crippen LogP contribution in [0.4, 0.5) is 0 Å². The van der Waals surface area contributed by atoms with Gasteiger partial charge in [0, 0.05) is 7.05 Å². The molecule has 1 aromatic rings. The second-order valence-electron chi connectivity index (χ2n) is 3.42. The summed E-state index contributed by atoms with van der Waals surface area (Å²) in [6.45, 7) is 0. The van der Waals surface area contributed by atoms with Crippen LogP contribution in [0.25, 0.3) is 0 Å². The van der Waals surface area contributed by atoms with E-state index < -0.39 is 16.2 Å². The van der Waals surface area contributed by atoms with Crippen molar-refractivity contribution < 1.29 is 17.9 Å². The number of hydrogen-bond acceptors (Lipinski definition) is 5. The normalized spacial score (nSPS) is 18.0. The molecule has 0 aromatic carbocycles. The molecule has 2 heterocycles. The first kappa shape index (κ1) is 12.8. The van der Waals surface area contributed by atoms with E-state index in [4.69, 9.17) is 0 Å². The molecule has 0 fully saturated rings. The standard InChI is InChI=1S/C10H10N2O4S2/c1-12-8(10(13)16-2)6-7(11-18(12,14)15)9-4-3-5-17-9/h3-6H,1-2H3. The van der Waals surface area contributed by atoms with Gasteiger partial charge in [0.1, 0.15) is 5.70 Å². The number of allylic oxidation sites excluding steroid dienone is 1. The minimum Gasteiger partial charge on any atom is -0.464 e. The van der Waals surface area contributed by atoms with Gasteiger partial charge in [0.05, 0.1) is 17.7 Å².